The molecule has 1 fully saturated rings. The Morgan fingerprint density at radius 1 is 1.35 bits per heavy atom. The number of benzene rings is 1. The van der Waals surface area contributed by atoms with E-state index in [-0.39, 0.29) is 11.5 Å². The highest BCUT2D eigenvalue weighted by molar-refractivity contribution is 5.86. The predicted molar refractivity (Wildman–Crippen MR) is 67.7 cm³/mol. The zero-order valence-corrected chi connectivity index (χ0v) is 9.63. The molecule has 1 aliphatic carbocycles. The molecule has 2 aromatic rings. The van der Waals surface area contributed by atoms with Gasteiger partial charge in [-0.25, -0.2) is 0 Å². The zero-order valence-electron chi connectivity index (χ0n) is 9.63. The Morgan fingerprint density at radius 3 is 2.88 bits per heavy atom. The molecule has 3 rings (SSSR count). The highest BCUT2D eigenvalue weighted by Gasteiger charge is 2.44. The number of fused-ring (bicyclic) bond motifs is 1. The summed E-state index contributed by atoms with van der Waals surface area (Å²) < 4.78 is 0. The summed E-state index contributed by atoms with van der Waals surface area (Å²) >= 11 is 0. The maximum absolute atomic E-state index is 9.58. The molecule has 3 heteroatoms. The molecule has 0 unspecified atom stereocenters. The Morgan fingerprint density at radius 2 is 2.18 bits per heavy atom. The van der Waals surface area contributed by atoms with Crippen molar-refractivity contribution < 1.29 is 5.11 Å². The van der Waals surface area contributed by atoms with Crippen LogP contribution < -0.4 is 5.73 Å². The number of rotatable bonds is 2. The average molecular weight is 228 g/mol. The van der Waals surface area contributed by atoms with Gasteiger partial charge in [0.05, 0.1) is 6.10 Å². The lowest BCUT2D eigenvalue weighted by molar-refractivity contribution is 0.0229. The van der Waals surface area contributed by atoms with Crippen molar-refractivity contribution in [2.75, 3.05) is 6.54 Å². The minimum atomic E-state index is -0.198. The molecular formula is C14H16N2O. The first kappa shape index (κ1) is 10.7. The number of nitrogens with zero attached hydrogens (tertiary/aromatic N) is 1. The Labute approximate surface area is 100 Å². The molecular weight excluding hydrogens is 212 g/mol. The number of hydrogen-bond acceptors (Lipinski definition) is 3. The molecule has 17 heavy (non-hydrogen) atoms. The smallest absolute Gasteiger partial charge is 0.0558 e. The van der Waals surface area contributed by atoms with Crippen LogP contribution >= 0.6 is 0 Å². The molecule has 0 atom stereocenters. The second-order valence-corrected chi connectivity index (χ2v) is 4.95. The SMILES string of the molecule is NCC1(c2cccc3cnccc23)CC(O)C1. The molecule has 0 spiro atoms. The quantitative estimate of drug-likeness (QED) is 0.820. The van der Waals surface area contributed by atoms with Crippen molar-refractivity contribution in [1.29, 1.82) is 0 Å². The lowest BCUT2D eigenvalue weighted by Gasteiger charge is -2.45. The Kier molecular flexibility index (Phi) is 2.38. The summed E-state index contributed by atoms with van der Waals surface area (Å²) in [5.74, 6) is 0. The fraction of sp³-hybridized carbons (Fsp3) is 0.357. The van der Waals surface area contributed by atoms with Gasteiger partial charge in [0.25, 0.3) is 0 Å². The highest BCUT2D eigenvalue weighted by Crippen LogP contribution is 2.45. The van der Waals surface area contributed by atoms with Gasteiger partial charge >= 0.3 is 0 Å². The van der Waals surface area contributed by atoms with Crippen LogP contribution in [0.2, 0.25) is 0 Å². The van der Waals surface area contributed by atoms with Gasteiger partial charge in [-0.3, -0.25) is 4.98 Å². The minimum absolute atomic E-state index is 0.0414. The Bertz CT molecular complexity index is 541. The van der Waals surface area contributed by atoms with E-state index < -0.39 is 0 Å². The van der Waals surface area contributed by atoms with Crippen LogP contribution in [0.5, 0.6) is 0 Å². The second-order valence-electron chi connectivity index (χ2n) is 4.95. The van der Waals surface area contributed by atoms with Gasteiger partial charge in [0.1, 0.15) is 0 Å². The summed E-state index contributed by atoms with van der Waals surface area (Å²) in [7, 11) is 0. The zero-order chi connectivity index (χ0) is 11.9. The Balaban J connectivity index is 2.17. The first-order valence-corrected chi connectivity index (χ1v) is 5.96. The first-order valence-electron chi connectivity index (χ1n) is 5.96. The van der Waals surface area contributed by atoms with Crippen LogP contribution in [0.4, 0.5) is 0 Å². The minimum Gasteiger partial charge on any atom is -0.393 e. The standard InChI is InChI=1S/C14H16N2O/c15-9-14(6-11(17)7-14)13-3-1-2-10-8-16-5-4-12(10)13/h1-5,8,11,17H,6-7,9,15H2. The van der Waals surface area contributed by atoms with E-state index in [1.165, 1.54) is 10.9 Å². The lowest BCUT2D eigenvalue weighted by atomic mass is 9.62. The summed E-state index contributed by atoms with van der Waals surface area (Å²) in [6.45, 7) is 0.589. The predicted octanol–water partition coefficient (Wildman–Crippen LogP) is 1.59. The van der Waals surface area contributed by atoms with Crippen molar-refractivity contribution in [2.24, 2.45) is 5.73 Å². The van der Waals surface area contributed by atoms with Gasteiger partial charge in [0.15, 0.2) is 0 Å². The monoisotopic (exact) mass is 228 g/mol. The van der Waals surface area contributed by atoms with Crippen molar-refractivity contribution in [3.63, 3.8) is 0 Å². The van der Waals surface area contributed by atoms with E-state index in [2.05, 4.69) is 17.1 Å². The van der Waals surface area contributed by atoms with Crippen LogP contribution in [-0.2, 0) is 5.41 Å². The Hall–Kier alpha value is -1.45. The van der Waals surface area contributed by atoms with E-state index in [9.17, 15) is 5.11 Å². The number of pyridine rings is 1. The second kappa shape index (κ2) is 3.79. The molecule has 0 aliphatic heterocycles. The maximum Gasteiger partial charge on any atom is 0.0558 e. The van der Waals surface area contributed by atoms with Crippen LogP contribution in [0.25, 0.3) is 10.8 Å². The van der Waals surface area contributed by atoms with E-state index in [1.807, 2.05) is 24.5 Å². The van der Waals surface area contributed by atoms with Gasteiger partial charge in [0.2, 0.25) is 0 Å². The van der Waals surface area contributed by atoms with E-state index in [0.717, 1.165) is 18.2 Å². The van der Waals surface area contributed by atoms with Crippen molar-refractivity contribution in [2.45, 2.75) is 24.4 Å². The summed E-state index contributed by atoms with van der Waals surface area (Å²) in [6, 6.07) is 8.26. The molecule has 1 aromatic heterocycles. The molecule has 1 heterocycles. The van der Waals surface area contributed by atoms with E-state index in [1.54, 1.807) is 0 Å². The van der Waals surface area contributed by atoms with Crippen molar-refractivity contribution in [3.8, 4) is 0 Å². The van der Waals surface area contributed by atoms with E-state index in [0.29, 0.717) is 6.54 Å². The molecule has 3 N–H and O–H groups in total. The summed E-state index contributed by atoms with van der Waals surface area (Å²) in [4.78, 5) is 4.14. The average Bonchev–Trinajstić information content (AvgIpc) is 2.34. The molecule has 1 aromatic carbocycles. The van der Waals surface area contributed by atoms with Crippen LogP contribution in [0.3, 0.4) is 0 Å². The van der Waals surface area contributed by atoms with Gasteiger partial charge < -0.3 is 10.8 Å². The molecule has 88 valence electrons. The third-order valence-corrected chi connectivity index (χ3v) is 3.90. The van der Waals surface area contributed by atoms with Gasteiger partial charge in [-0.15, -0.1) is 0 Å². The summed E-state index contributed by atoms with van der Waals surface area (Å²) in [6.07, 6.45) is 5.02. The molecule has 0 radical (unpaired) electrons. The van der Waals surface area contributed by atoms with Crippen molar-refractivity contribution in [1.82, 2.24) is 4.98 Å². The largest absolute Gasteiger partial charge is 0.393 e. The van der Waals surface area contributed by atoms with Crippen LogP contribution in [0, 0.1) is 0 Å². The maximum atomic E-state index is 9.58. The molecule has 3 nitrogen and oxygen atoms in total. The summed E-state index contributed by atoms with van der Waals surface area (Å²) in [5, 5.41) is 11.9. The topological polar surface area (TPSA) is 59.1 Å². The van der Waals surface area contributed by atoms with Crippen molar-refractivity contribution in [3.05, 3.63) is 42.2 Å². The number of aliphatic hydroxyl groups excluding tert-OH is 1. The fourth-order valence-corrected chi connectivity index (χ4v) is 2.92. The summed E-state index contributed by atoms with van der Waals surface area (Å²) in [5.41, 5.74) is 7.14. The number of aromatic nitrogens is 1. The molecule has 1 aliphatic rings. The number of hydrogen-bond donors (Lipinski definition) is 2. The van der Waals surface area contributed by atoms with Crippen molar-refractivity contribution >= 4 is 10.8 Å². The number of nitrogens with two attached hydrogens (primary N) is 1. The van der Waals surface area contributed by atoms with Gasteiger partial charge in [0, 0.05) is 29.7 Å². The molecule has 0 bridgehead atoms. The lowest BCUT2D eigenvalue weighted by Crippen LogP contribution is -2.49. The van der Waals surface area contributed by atoms with Gasteiger partial charge in [-0.2, -0.15) is 0 Å². The third-order valence-electron chi connectivity index (χ3n) is 3.90. The van der Waals surface area contributed by atoms with Gasteiger partial charge in [-0.1, -0.05) is 18.2 Å². The molecule has 1 saturated carbocycles. The normalized spacial score (nSPS) is 28.0. The molecule has 0 saturated heterocycles. The first-order chi connectivity index (χ1) is 8.25. The van der Waals surface area contributed by atoms with E-state index >= 15 is 0 Å². The van der Waals surface area contributed by atoms with E-state index in [4.69, 9.17) is 5.73 Å². The van der Waals surface area contributed by atoms with Crippen LogP contribution in [0.15, 0.2) is 36.7 Å². The van der Waals surface area contributed by atoms with Crippen LogP contribution in [-0.4, -0.2) is 22.7 Å². The van der Waals surface area contributed by atoms with Crippen LogP contribution in [0.1, 0.15) is 18.4 Å². The fourth-order valence-electron chi connectivity index (χ4n) is 2.92. The third kappa shape index (κ3) is 1.54. The highest BCUT2D eigenvalue weighted by atomic mass is 16.3. The number of aliphatic hydroxyl groups is 1. The van der Waals surface area contributed by atoms with Gasteiger partial charge in [-0.05, 0) is 29.9 Å². The molecule has 0 amide bonds.